The third-order valence-electron chi connectivity index (χ3n) is 4.87. The van der Waals surface area contributed by atoms with Gasteiger partial charge in [-0.15, -0.1) is 0 Å². The number of nitrogens with one attached hydrogen (secondary N) is 2. The molecular formula is C17H26N2O. The van der Waals surface area contributed by atoms with Crippen molar-refractivity contribution in [1.29, 1.82) is 0 Å². The van der Waals surface area contributed by atoms with Crippen molar-refractivity contribution in [3.63, 3.8) is 0 Å². The third kappa shape index (κ3) is 2.99. The van der Waals surface area contributed by atoms with E-state index in [1.165, 1.54) is 30.5 Å². The van der Waals surface area contributed by atoms with E-state index in [9.17, 15) is 5.11 Å². The van der Waals surface area contributed by atoms with Crippen LogP contribution in [0.1, 0.15) is 44.6 Å². The Morgan fingerprint density at radius 2 is 2.10 bits per heavy atom. The highest BCUT2D eigenvalue weighted by Crippen LogP contribution is 2.32. The Morgan fingerprint density at radius 3 is 2.90 bits per heavy atom. The zero-order valence-electron chi connectivity index (χ0n) is 12.4. The van der Waals surface area contributed by atoms with Crippen LogP contribution in [0.5, 0.6) is 0 Å². The molecule has 0 bridgehead atoms. The highest BCUT2D eigenvalue weighted by atomic mass is 16.3. The molecule has 1 saturated heterocycles. The van der Waals surface area contributed by atoms with Gasteiger partial charge in [0.15, 0.2) is 0 Å². The minimum Gasteiger partial charge on any atom is -0.388 e. The molecule has 0 aromatic heterocycles. The minimum absolute atomic E-state index is 0.154. The van der Waals surface area contributed by atoms with Crippen LogP contribution < -0.4 is 10.6 Å². The van der Waals surface area contributed by atoms with E-state index in [1.807, 2.05) is 6.92 Å². The number of aliphatic hydroxyl groups is 1. The molecule has 20 heavy (non-hydrogen) atoms. The van der Waals surface area contributed by atoms with Gasteiger partial charge in [0.25, 0.3) is 0 Å². The van der Waals surface area contributed by atoms with Crippen molar-refractivity contribution in [2.75, 3.05) is 11.9 Å². The molecular weight excluding hydrogens is 248 g/mol. The molecule has 0 spiro atoms. The number of fused-ring (bicyclic) bond motifs is 1. The number of para-hydroxylation sites is 1. The van der Waals surface area contributed by atoms with Crippen LogP contribution in [0.15, 0.2) is 24.3 Å². The average molecular weight is 274 g/mol. The van der Waals surface area contributed by atoms with Crippen LogP contribution in [0, 0.1) is 0 Å². The van der Waals surface area contributed by atoms with E-state index in [-0.39, 0.29) is 6.04 Å². The second-order valence-electron chi connectivity index (χ2n) is 6.60. The van der Waals surface area contributed by atoms with E-state index in [0.29, 0.717) is 6.04 Å². The Balaban J connectivity index is 1.66. The van der Waals surface area contributed by atoms with Crippen molar-refractivity contribution in [2.45, 2.75) is 63.1 Å². The Kier molecular flexibility index (Phi) is 3.99. The van der Waals surface area contributed by atoms with Crippen LogP contribution in [0.2, 0.25) is 0 Å². The van der Waals surface area contributed by atoms with E-state index in [4.69, 9.17) is 0 Å². The van der Waals surface area contributed by atoms with Gasteiger partial charge in [-0.3, -0.25) is 0 Å². The standard InChI is InChI=1S/C17H26N2O/c1-17(20,12-14-7-4-5-11-18-14)16-10-9-13-6-2-3-8-15(13)19-16/h2-3,6,8,14,16,18-20H,4-5,7,9-12H2,1H3. The topological polar surface area (TPSA) is 44.3 Å². The molecule has 2 heterocycles. The van der Waals surface area contributed by atoms with Crippen LogP contribution in [-0.2, 0) is 6.42 Å². The summed E-state index contributed by atoms with van der Waals surface area (Å²) in [6.07, 6.45) is 6.66. The molecule has 1 aromatic carbocycles. The van der Waals surface area contributed by atoms with Gasteiger partial charge < -0.3 is 15.7 Å². The first-order valence-corrected chi connectivity index (χ1v) is 7.95. The predicted octanol–water partition coefficient (Wildman–Crippen LogP) is 2.70. The number of anilines is 1. The van der Waals surface area contributed by atoms with Crippen LogP contribution in [0.25, 0.3) is 0 Å². The first-order chi connectivity index (χ1) is 9.65. The lowest BCUT2D eigenvalue weighted by Crippen LogP contribution is -2.51. The van der Waals surface area contributed by atoms with Gasteiger partial charge >= 0.3 is 0 Å². The number of rotatable bonds is 3. The van der Waals surface area contributed by atoms with E-state index in [0.717, 1.165) is 25.8 Å². The van der Waals surface area contributed by atoms with Gasteiger partial charge in [0.2, 0.25) is 0 Å². The average Bonchev–Trinajstić information content (AvgIpc) is 2.47. The highest BCUT2D eigenvalue weighted by Gasteiger charge is 2.36. The lowest BCUT2D eigenvalue weighted by molar-refractivity contribution is 0.0150. The van der Waals surface area contributed by atoms with E-state index in [2.05, 4.69) is 34.9 Å². The maximum atomic E-state index is 10.9. The summed E-state index contributed by atoms with van der Waals surface area (Å²) in [5.41, 5.74) is 1.92. The maximum Gasteiger partial charge on any atom is 0.0834 e. The molecule has 0 radical (unpaired) electrons. The quantitative estimate of drug-likeness (QED) is 0.794. The molecule has 1 fully saturated rings. The Hall–Kier alpha value is -1.06. The van der Waals surface area contributed by atoms with Gasteiger partial charge in [0.1, 0.15) is 0 Å². The summed E-state index contributed by atoms with van der Waals surface area (Å²) < 4.78 is 0. The largest absolute Gasteiger partial charge is 0.388 e. The summed E-state index contributed by atoms with van der Waals surface area (Å²) in [5.74, 6) is 0. The monoisotopic (exact) mass is 274 g/mol. The number of hydrogen-bond donors (Lipinski definition) is 3. The summed E-state index contributed by atoms with van der Waals surface area (Å²) in [4.78, 5) is 0. The number of benzene rings is 1. The van der Waals surface area contributed by atoms with Crippen LogP contribution in [0.4, 0.5) is 5.69 Å². The molecule has 3 N–H and O–H groups in total. The summed E-state index contributed by atoms with van der Waals surface area (Å²) in [7, 11) is 0. The molecule has 2 aliphatic rings. The first kappa shape index (κ1) is 13.9. The van der Waals surface area contributed by atoms with Gasteiger partial charge in [-0.1, -0.05) is 24.6 Å². The van der Waals surface area contributed by atoms with Crippen molar-refractivity contribution >= 4 is 5.69 Å². The molecule has 0 saturated carbocycles. The van der Waals surface area contributed by atoms with Gasteiger partial charge in [-0.05, 0) is 57.2 Å². The van der Waals surface area contributed by atoms with Crippen molar-refractivity contribution in [3.05, 3.63) is 29.8 Å². The molecule has 3 nitrogen and oxygen atoms in total. The molecule has 110 valence electrons. The van der Waals surface area contributed by atoms with Crippen LogP contribution >= 0.6 is 0 Å². The van der Waals surface area contributed by atoms with Gasteiger partial charge in [-0.25, -0.2) is 0 Å². The number of piperidine rings is 1. The molecule has 0 amide bonds. The van der Waals surface area contributed by atoms with E-state index in [1.54, 1.807) is 0 Å². The minimum atomic E-state index is -0.650. The van der Waals surface area contributed by atoms with Gasteiger partial charge in [0.05, 0.1) is 11.6 Å². The predicted molar refractivity (Wildman–Crippen MR) is 83.1 cm³/mol. The lowest BCUT2D eigenvalue weighted by Gasteiger charge is -2.40. The summed E-state index contributed by atoms with van der Waals surface area (Å²) >= 11 is 0. The zero-order valence-corrected chi connectivity index (χ0v) is 12.4. The first-order valence-electron chi connectivity index (χ1n) is 7.95. The van der Waals surface area contributed by atoms with Gasteiger partial charge in [0, 0.05) is 11.7 Å². The summed E-state index contributed by atoms with van der Waals surface area (Å²) in [5, 5.41) is 18.0. The summed E-state index contributed by atoms with van der Waals surface area (Å²) in [6, 6.07) is 9.07. The molecule has 0 aliphatic carbocycles. The van der Waals surface area contributed by atoms with Crippen molar-refractivity contribution < 1.29 is 5.11 Å². The fraction of sp³-hybridized carbons (Fsp3) is 0.647. The second kappa shape index (κ2) is 5.74. The van der Waals surface area contributed by atoms with E-state index < -0.39 is 5.60 Å². The highest BCUT2D eigenvalue weighted by molar-refractivity contribution is 5.54. The van der Waals surface area contributed by atoms with Crippen LogP contribution in [-0.4, -0.2) is 29.3 Å². The smallest absolute Gasteiger partial charge is 0.0834 e. The normalized spacial score (nSPS) is 29.1. The Morgan fingerprint density at radius 1 is 1.25 bits per heavy atom. The maximum absolute atomic E-state index is 10.9. The number of hydrogen-bond acceptors (Lipinski definition) is 3. The Bertz CT molecular complexity index is 452. The van der Waals surface area contributed by atoms with Crippen molar-refractivity contribution in [2.24, 2.45) is 0 Å². The Labute approximate surface area is 121 Å². The molecule has 3 unspecified atom stereocenters. The fourth-order valence-corrected chi connectivity index (χ4v) is 3.64. The molecule has 3 rings (SSSR count). The van der Waals surface area contributed by atoms with Crippen LogP contribution in [0.3, 0.4) is 0 Å². The lowest BCUT2D eigenvalue weighted by atomic mass is 9.81. The summed E-state index contributed by atoms with van der Waals surface area (Å²) in [6.45, 7) is 3.09. The molecule has 3 atom stereocenters. The second-order valence-corrected chi connectivity index (χ2v) is 6.60. The molecule has 3 heteroatoms. The number of aryl methyl sites for hydroxylation is 1. The van der Waals surface area contributed by atoms with Crippen molar-refractivity contribution in [1.82, 2.24) is 5.32 Å². The third-order valence-corrected chi connectivity index (χ3v) is 4.87. The molecule has 2 aliphatic heterocycles. The van der Waals surface area contributed by atoms with E-state index >= 15 is 0 Å². The van der Waals surface area contributed by atoms with Crippen molar-refractivity contribution in [3.8, 4) is 0 Å². The zero-order chi connectivity index (χ0) is 14.0. The fourth-order valence-electron chi connectivity index (χ4n) is 3.64. The molecule has 1 aromatic rings. The van der Waals surface area contributed by atoms with Gasteiger partial charge in [-0.2, -0.15) is 0 Å². The SMILES string of the molecule is CC(O)(CC1CCCCN1)C1CCc2ccccc2N1.